The van der Waals surface area contributed by atoms with E-state index in [0.29, 0.717) is 18.2 Å². The van der Waals surface area contributed by atoms with Gasteiger partial charge < -0.3 is 15.4 Å². The number of carbonyl (C=O) groups excluding carboxylic acids is 1. The number of hydrogen-bond acceptors (Lipinski definition) is 5. The molecule has 0 saturated carbocycles. The lowest BCUT2D eigenvalue weighted by Gasteiger charge is -2.20. The highest BCUT2D eigenvalue weighted by Crippen LogP contribution is 2.11. The molecule has 2 heterocycles. The van der Waals surface area contributed by atoms with Crippen LogP contribution in [0.15, 0.2) is 12.3 Å². The molecule has 0 radical (unpaired) electrons. The minimum Gasteiger partial charge on any atom is -0.376 e. The van der Waals surface area contributed by atoms with E-state index in [1.165, 1.54) is 0 Å². The van der Waals surface area contributed by atoms with Crippen molar-refractivity contribution >= 4 is 11.9 Å². The van der Waals surface area contributed by atoms with Gasteiger partial charge in [-0.15, -0.1) is 0 Å². The summed E-state index contributed by atoms with van der Waals surface area (Å²) in [6.07, 6.45) is 3.78. The van der Waals surface area contributed by atoms with E-state index in [-0.39, 0.29) is 17.6 Å². The Morgan fingerprint density at radius 2 is 2.30 bits per heavy atom. The summed E-state index contributed by atoms with van der Waals surface area (Å²) in [7, 11) is 0. The predicted molar refractivity (Wildman–Crippen MR) is 76.7 cm³/mol. The van der Waals surface area contributed by atoms with Gasteiger partial charge in [-0.2, -0.15) is 0 Å². The third-order valence-electron chi connectivity index (χ3n) is 2.89. The fraction of sp³-hybridized carbons (Fsp3) is 0.643. The minimum absolute atomic E-state index is 0.132. The normalized spacial score (nSPS) is 18.9. The van der Waals surface area contributed by atoms with Crippen molar-refractivity contribution in [3.8, 4) is 0 Å². The van der Waals surface area contributed by atoms with Gasteiger partial charge in [-0.25, -0.2) is 9.97 Å². The summed E-state index contributed by atoms with van der Waals surface area (Å²) in [5, 5.41) is 6.00. The maximum atomic E-state index is 12.0. The van der Waals surface area contributed by atoms with Crippen molar-refractivity contribution in [1.29, 1.82) is 0 Å². The number of rotatable bonds is 4. The van der Waals surface area contributed by atoms with Crippen LogP contribution in [-0.4, -0.2) is 40.7 Å². The first-order valence-electron chi connectivity index (χ1n) is 6.95. The van der Waals surface area contributed by atoms with Crippen molar-refractivity contribution in [1.82, 2.24) is 15.3 Å². The first kappa shape index (κ1) is 14.7. The quantitative estimate of drug-likeness (QED) is 0.875. The molecule has 2 rings (SSSR count). The van der Waals surface area contributed by atoms with Crippen molar-refractivity contribution in [2.45, 2.75) is 45.3 Å². The number of carbonyl (C=O) groups is 1. The zero-order valence-corrected chi connectivity index (χ0v) is 12.3. The minimum atomic E-state index is -0.195. The van der Waals surface area contributed by atoms with Crippen molar-refractivity contribution < 1.29 is 9.53 Å². The van der Waals surface area contributed by atoms with Crippen LogP contribution in [0.5, 0.6) is 0 Å². The predicted octanol–water partition coefficient (Wildman–Crippen LogP) is 1.60. The number of nitrogens with one attached hydrogen (secondary N) is 2. The first-order valence-corrected chi connectivity index (χ1v) is 6.95. The molecule has 0 bridgehead atoms. The average Bonchev–Trinajstić information content (AvgIpc) is 2.87. The van der Waals surface area contributed by atoms with Gasteiger partial charge in [0.1, 0.15) is 5.69 Å². The van der Waals surface area contributed by atoms with Crippen molar-refractivity contribution in [3.05, 3.63) is 18.0 Å². The fourth-order valence-electron chi connectivity index (χ4n) is 1.98. The van der Waals surface area contributed by atoms with Gasteiger partial charge in [-0.05, 0) is 39.7 Å². The summed E-state index contributed by atoms with van der Waals surface area (Å²) in [5.41, 5.74) is 0.219. The van der Waals surface area contributed by atoms with Gasteiger partial charge in [-0.3, -0.25) is 4.79 Å². The molecule has 20 heavy (non-hydrogen) atoms. The second-order valence-electron chi connectivity index (χ2n) is 5.99. The molecule has 0 aromatic carbocycles. The Bertz CT molecular complexity index is 464. The Kier molecular flexibility index (Phi) is 4.54. The monoisotopic (exact) mass is 278 g/mol. The van der Waals surface area contributed by atoms with E-state index < -0.39 is 0 Å². The molecule has 1 aliphatic rings. The Hall–Kier alpha value is -1.69. The molecule has 1 aromatic heterocycles. The van der Waals surface area contributed by atoms with Gasteiger partial charge >= 0.3 is 0 Å². The summed E-state index contributed by atoms with van der Waals surface area (Å²) >= 11 is 0. The summed E-state index contributed by atoms with van der Waals surface area (Å²) in [6.45, 7) is 7.36. The third-order valence-corrected chi connectivity index (χ3v) is 2.89. The molecule has 1 fully saturated rings. The van der Waals surface area contributed by atoms with Crippen LogP contribution in [0.2, 0.25) is 0 Å². The van der Waals surface area contributed by atoms with Crippen LogP contribution in [0.25, 0.3) is 0 Å². The van der Waals surface area contributed by atoms with Gasteiger partial charge in [0, 0.05) is 24.9 Å². The van der Waals surface area contributed by atoms with Gasteiger partial charge in [0.15, 0.2) is 0 Å². The number of aromatic nitrogens is 2. The van der Waals surface area contributed by atoms with E-state index in [0.717, 1.165) is 19.4 Å². The topological polar surface area (TPSA) is 76.1 Å². The maximum absolute atomic E-state index is 12.0. The van der Waals surface area contributed by atoms with Crippen LogP contribution in [-0.2, 0) is 4.74 Å². The van der Waals surface area contributed by atoms with Crippen LogP contribution in [0.3, 0.4) is 0 Å². The standard InChI is InChI=1S/C14H22N4O2/c1-14(2,3)18-13-15-7-6-11(17-13)12(19)16-9-10-5-4-8-20-10/h6-7,10H,4-5,8-9H2,1-3H3,(H,16,19)(H,15,17,18). The zero-order chi connectivity index (χ0) is 14.6. The summed E-state index contributed by atoms with van der Waals surface area (Å²) in [5.74, 6) is 0.266. The molecule has 6 nitrogen and oxygen atoms in total. The first-order chi connectivity index (χ1) is 9.44. The summed E-state index contributed by atoms with van der Waals surface area (Å²) < 4.78 is 5.47. The number of anilines is 1. The van der Waals surface area contributed by atoms with Crippen LogP contribution in [0.4, 0.5) is 5.95 Å². The van der Waals surface area contributed by atoms with Gasteiger partial charge in [0.05, 0.1) is 6.10 Å². The Morgan fingerprint density at radius 1 is 1.50 bits per heavy atom. The van der Waals surface area contributed by atoms with Crippen molar-refractivity contribution in [2.24, 2.45) is 0 Å². The second kappa shape index (κ2) is 6.17. The number of nitrogens with zero attached hydrogens (tertiary/aromatic N) is 2. The van der Waals surface area contributed by atoms with E-state index in [4.69, 9.17) is 4.74 Å². The molecule has 2 N–H and O–H groups in total. The molecular weight excluding hydrogens is 256 g/mol. The molecule has 1 atom stereocenters. The smallest absolute Gasteiger partial charge is 0.270 e. The Labute approximate surface area is 119 Å². The van der Waals surface area contributed by atoms with Gasteiger partial charge in [0.2, 0.25) is 5.95 Å². The van der Waals surface area contributed by atoms with Crippen molar-refractivity contribution in [3.63, 3.8) is 0 Å². The van der Waals surface area contributed by atoms with E-state index in [9.17, 15) is 4.79 Å². The van der Waals surface area contributed by atoms with E-state index in [1.54, 1.807) is 12.3 Å². The average molecular weight is 278 g/mol. The highest BCUT2D eigenvalue weighted by molar-refractivity contribution is 5.92. The van der Waals surface area contributed by atoms with Crippen LogP contribution < -0.4 is 10.6 Å². The maximum Gasteiger partial charge on any atom is 0.270 e. The summed E-state index contributed by atoms with van der Waals surface area (Å²) in [6, 6.07) is 1.61. The largest absolute Gasteiger partial charge is 0.376 e. The zero-order valence-electron chi connectivity index (χ0n) is 12.3. The molecule has 1 unspecified atom stereocenters. The van der Waals surface area contributed by atoms with Crippen LogP contribution in [0.1, 0.15) is 44.1 Å². The van der Waals surface area contributed by atoms with E-state index >= 15 is 0 Å². The lowest BCUT2D eigenvalue weighted by molar-refractivity contribution is 0.0853. The lowest BCUT2D eigenvalue weighted by atomic mass is 10.1. The molecular formula is C14H22N4O2. The molecule has 0 spiro atoms. The van der Waals surface area contributed by atoms with E-state index in [2.05, 4.69) is 20.6 Å². The van der Waals surface area contributed by atoms with Gasteiger partial charge in [-0.1, -0.05) is 0 Å². The Morgan fingerprint density at radius 3 is 2.95 bits per heavy atom. The highest BCUT2D eigenvalue weighted by Gasteiger charge is 2.18. The molecule has 1 aliphatic heterocycles. The molecule has 6 heteroatoms. The van der Waals surface area contributed by atoms with Crippen LogP contribution >= 0.6 is 0 Å². The molecule has 0 aliphatic carbocycles. The Balaban J connectivity index is 1.93. The lowest BCUT2D eigenvalue weighted by Crippen LogP contribution is -2.33. The highest BCUT2D eigenvalue weighted by atomic mass is 16.5. The van der Waals surface area contributed by atoms with E-state index in [1.807, 2.05) is 20.8 Å². The van der Waals surface area contributed by atoms with Crippen LogP contribution in [0, 0.1) is 0 Å². The fourth-order valence-corrected chi connectivity index (χ4v) is 1.98. The number of ether oxygens (including phenoxy) is 1. The SMILES string of the molecule is CC(C)(C)Nc1nccc(C(=O)NCC2CCCO2)n1. The number of amides is 1. The molecule has 1 saturated heterocycles. The molecule has 1 amide bonds. The molecule has 1 aromatic rings. The van der Waals surface area contributed by atoms with Gasteiger partial charge in [0.25, 0.3) is 5.91 Å². The molecule has 110 valence electrons. The number of hydrogen-bond donors (Lipinski definition) is 2. The third kappa shape index (κ3) is 4.45. The second-order valence-corrected chi connectivity index (χ2v) is 5.99. The summed E-state index contributed by atoms with van der Waals surface area (Å²) in [4.78, 5) is 20.4. The van der Waals surface area contributed by atoms with Crippen molar-refractivity contribution in [2.75, 3.05) is 18.5 Å².